The third-order valence-electron chi connectivity index (χ3n) is 3.28. The Kier molecular flexibility index (Phi) is 3.82. The van der Waals surface area contributed by atoms with E-state index < -0.39 is 0 Å². The summed E-state index contributed by atoms with van der Waals surface area (Å²) < 4.78 is 1.05. The van der Waals surface area contributed by atoms with Gasteiger partial charge < -0.3 is 11.1 Å². The van der Waals surface area contributed by atoms with Gasteiger partial charge in [0.05, 0.1) is 5.69 Å². The molecule has 3 N–H and O–H groups in total. The molecule has 0 radical (unpaired) electrons. The topological polar surface area (TPSA) is 50.9 Å². The maximum atomic E-state index is 6.03. The minimum absolute atomic E-state index is 0.365. The van der Waals surface area contributed by atoms with Gasteiger partial charge in [-0.25, -0.2) is 4.98 Å². The highest BCUT2D eigenvalue weighted by molar-refractivity contribution is 9.10. The number of pyridine rings is 1. The molecule has 1 aliphatic rings. The number of aromatic nitrogens is 1. The average molecular weight is 284 g/mol. The number of anilines is 1. The van der Waals surface area contributed by atoms with E-state index in [1.807, 2.05) is 19.1 Å². The zero-order valence-corrected chi connectivity index (χ0v) is 11.1. The van der Waals surface area contributed by atoms with Crippen LogP contribution in [0.1, 0.15) is 25.0 Å². The molecule has 16 heavy (non-hydrogen) atoms. The lowest BCUT2D eigenvalue weighted by molar-refractivity contribution is 0.504. The molecular weight excluding hydrogens is 266 g/mol. The summed E-state index contributed by atoms with van der Waals surface area (Å²) in [5.41, 5.74) is 7.04. The van der Waals surface area contributed by atoms with E-state index in [0.29, 0.717) is 12.0 Å². The second kappa shape index (κ2) is 5.15. The molecule has 4 heteroatoms. The lowest BCUT2D eigenvalue weighted by atomic mass is 10.1. The zero-order chi connectivity index (χ0) is 11.5. The van der Waals surface area contributed by atoms with Crippen molar-refractivity contribution in [3.63, 3.8) is 0 Å². The highest BCUT2D eigenvalue weighted by Gasteiger charge is 2.23. The maximum Gasteiger partial charge on any atom is 0.126 e. The molecule has 1 heterocycles. The van der Waals surface area contributed by atoms with Crippen LogP contribution < -0.4 is 11.1 Å². The van der Waals surface area contributed by atoms with Gasteiger partial charge in [0, 0.05) is 17.1 Å². The lowest BCUT2D eigenvalue weighted by Gasteiger charge is -2.16. The van der Waals surface area contributed by atoms with E-state index in [4.69, 9.17) is 5.73 Å². The third-order valence-corrected chi connectivity index (χ3v) is 4.12. The van der Waals surface area contributed by atoms with E-state index in [9.17, 15) is 0 Å². The molecule has 88 valence electrons. The van der Waals surface area contributed by atoms with Gasteiger partial charge in [-0.3, -0.25) is 0 Å². The third kappa shape index (κ3) is 2.74. The van der Waals surface area contributed by atoms with Gasteiger partial charge in [0.15, 0.2) is 0 Å². The number of nitrogens with zero attached hydrogens (tertiary/aromatic N) is 1. The standard InChI is InChI=1S/C12H18BrN3/c1-8-10(13)5-6-12(16-8)15-7-9-3-2-4-11(9)14/h5-6,9,11H,2-4,7,14H2,1H3,(H,15,16). The summed E-state index contributed by atoms with van der Waals surface area (Å²) in [7, 11) is 0. The van der Waals surface area contributed by atoms with Crippen LogP contribution in [0.4, 0.5) is 5.82 Å². The lowest BCUT2D eigenvalue weighted by Crippen LogP contribution is -2.29. The van der Waals surface area contributed by atoms with E-state index in [1.54, 1.807) is 0 Å². The van der Waals surface area contributed by atoms with E-state index in [-0.39, 0.29) is 0 Å². The first-order valence-electron chi connectivity index (χ1n) is 5.79. The molecule has 1 fully saturated rings. The fraction of sp³-hybridized carbons (Fsp3) is 0.583. The summed E-state index contributed by atoms with van der Waals surface area (Å²) in [6.45, 7) is 2.94. The zero-order valence-electron chi connectivity index (χ0n) is 9.54. The number of aryl methyl sites for hydroxylation is 1. The second-order valence-electron chi connectivity index (χ2n) is 4.50. The molecule has 0 amide bonds. The highest BCUT2D eigenvalue weighted by atomic mass is 79.9. The molecule has 0 spiro atoms. The molecule has 0 saturated heterocycles. The van der Waals surface area contributed by atoms with Crippen LogP contribution in [-0.4, -0.2) is 17.6 Å². The van der Waals surface area contributed by atoms with Crippen molar-refractivity contribution in [3.05, 3.63) is 22.3 Å². The van der Waals surface area contributed by atoms with Gasteiger partial charge in [-0.2, -0.15) is 0 Å². The Labute approximate surface area is 105 Å². The highest BCUT2D eigenvalue weighted by Crippen LogP contribution is 2.24. The summed E-state index contributed by atoms with van der Waals surface area (Å²) in [6.07, 6.45) is 3.67. The molecule has 2 unspecified atom stereocenters. The summed E-state index contributed by atoms with van der Waals surface area (Å²) in [5, 5.41) is 3.37. The Balaban J connectivity index is 1.91. The van der Waals surface area contributed by atoms with Crippen LogP contribution in [0.2, 0.25) is 0 Å². The van der Waals surface area contributed by atoms with Crippen LogP contribution in [0.25, 0.3) is 0 Å². The molecule has 1 saturated carbocycles. The van der Waals surface area contributed by atoms with Crippen molar-refractivity contribution in [3.8, 4) is 0 Å². The second-order valence-corrected chi connectivity index (χ2v) is 5.35. The number of rotatable bonds is 3. The van der Waals surface area contributed by atoms with Crippen molar-refractivity contribution in [1.82, 2.24) is 4.98 Å². The summed E-state index contributed by atoms with van der Waals surface area (Å²) in [6, 6.07) is 4.39. The number of nitrogens with one attached hydrogen (secondary N) is 1. The van der Waals surface area contributed by atoms with Gasteiger partial charge in [-0.1, -0.05) is 6.42 Å². The fourth-order valence-electron chi connectivity index (χ4n) is 2.20. The van der Waals surface area contributed by atoms with E-state index >= 15 is 0 Å². The summed E-state index contributed by atoms with van der Waals surface area (Å²) in [5.74, 6) is 1.55. The van der Waals surface area contributed by atoms with Gasteiger partial charge in [0.1, 0.15) is 5.82 Å². The maximum absolute atomic E-state index is 6.03. The van der Waals surface area contributed by atoms with Crippen LogP contribution in [0.3, 0.4) is 0 Å². The first-order chi connectivity index (χ1) is 7.66. The molecule has 0 aromatic carbocycles. The van der Waals surface area contributed by atoms with Crippen LogP contribution in [0.5, 0.6) is 0 Å². The molecule has 0 aliphatic heterocycles. The Hall–Kier alpha value is -0.610. The van der Waals surface area contributed by atoms with E-state index in [0.717, 1.165) is 22.5 Å². The smallest absolute Gasteiger partial charge is 0.126 e. The molecule has 2 atom stereocenters. The van der Waals surface area contributed by atoms with E-state index in [1.165, 1.54) is 19.3 Å². The van der Waals surface area contributed by atoms with E-state index in [2.05, 4.69) is 26.2 Å². The Morgan fingerprint density at radius 3 is 2.94 bits per heavy atom. The van der Waals surface area contributed by atoms with Crippen LogP contribution in [-0.2, 0) is 0 Å². The van der Waals surface area contributed by atoms with Crippen molar-refractivity contribution in [2.45, 2.75) is 32.2 Å². The first-order valence-corrected chi connectivity index (χ1v) is 6.58. The Morgan fingerprint density at radius 1 is 1.50 bits per heavy atom. The van der Waals surface area contributed by atoms with Crippen LogP contribution in [0, 0.1) is 12.8 Å². The van der Waals surface area contributed by atoms with Crippen molar-refractivity contribution in [2.75, 3.05) is 11.9 Å². The molecule has 2 rings (SSSR count). The number of nitrogens with two attached hydrogens (primary N) is 1. The first kappa shape index (κ1) is 11.9. The average Bonchev–Trinajstić information content (AvgIpc) is 2.66. The van der Waals surface area contributed by atoms with Crippen molar-refractivity contribution >= 4 is 21.7 Å². The Bertz CT molecular complexity index is 367. The Morgan fingerprint density at radius 2 is 2.31 bits per heavy atom. The monoisotopic (exact) mass is 283 g/mol. The van der Waals surface area contributed by atoms with Gasteiger partial charge >= 0.3 is 0 Å². The molecule has 1 aromatic rings. The quantitative estimate of drug-likeness (QED) is 0.897. The minimum Gasteiger partial charge on any atom is -0.370 e. The molecule has 3 nitrogen and oxygen atoms in total. The van der Waals surface area contributed by atoms with Crippen molar-refractivity contribution in [2.24, 2.45) is 11.7 Å². The number of halogens is 1. The van der Waals surface area contributed by atoms with Gasteiger partial charge in [-0.15, -0.1) is 0 Å². The van der Waals surface area contributed by atoms with Gasteiger partial charge in [0.2, 0.25) is 0 Å². The van der Waals surface area contributed by atoms with Gasteiger partial charge in [-0.05, 0) is 53.7 Å². The van der Waals surface area contributed by atoms with Crippen molar-refractivity contribution in [1.29, 1.82) is 0 Å². The largest absolute Gasteiger partial charge is 0.370 e. The fourth-order valence-corrected chi connectivity index (χ4v) is 2.42. The number of hydrogen-bond acceptors (Lipinski definition) is 3. The van der Waals surface area contributed by atoms with Crippen LogP contribution >= 0.6 is 15.9 Å². The SMILES string of the molecule is Cc1nc(NCC2CCCC2N)ccc1Br. The molecule has 1 aromatic heterocycles. The number of hydrogen-bond donors (Lipinski definition) is 2. The normalized spacial score (nSPS) is 24.7. The predicted molar refractivity (Wildman–Crippen MR) is 70.5 cm³/mol. The minimum atomic E-state index is 0.365. The summed E-state index contributed by atoms with van der Waals surface area (Å²) in [4.78, 5) is 4.46. The van der Waals surface area contributed by atoms with Gasteiger partial charge in [0.25, 0.3) is 0 Å². The summed E-state index contributed by atoms with van der Waals surface area (Å²) >= 11 is 3.45. The molecule has 1 aliphatic carbocycles. The van der Waals surface area contributed by atoms with Crippen LogP contribution in [0.15, 0.2) is 16.6 Å². The molecular formula is C12H18BrN3. The van der Waals surface area contributed by atoms with Crippen molar-refractivity contribution < 1.29 is 0 Å². The predicted octanol–water partition coefficient (Wildman–Crippen LogP) is 2.69. The molecule has 0 bridgehead atoms.